The lowest BCUT2D eigenvalue weighted by atomic mass is 10.1. The van der Waals surface area contributed by atoms with Crippen molar-refractivity contribution in [2.75, 3.05) is 13.1 Å². The lowest BCUT2D eigenvalue weighted by Crippen LogP contribution is -2.39. The quantitative estimate of drug-likeness (QED) is 0.524. The van der Waals surface area contributed by atoms with Gasteiger partial charge in [0.05, 0.1) is 0 Å². The second-order valence-electron chi connectivity index (χ2n) is 8.82. The van der Waals surface area contributed by atoms with E-state index in [9.17, 15) is 14.7 Å². The highest BCUT2D eigenvalue weighted by Crippen LogP contribution is 2.11. The molecule has 1 aromatic carbocycles. The fraction of sp³-hybridized carbons (Fsp3) is 0.565. The van der Waals surface area contributed by atoms with Gasteiger partial charge in [-0.2, -0.15) is 0 Å². The third-order valence-electron chi connectivity index (χ3n) is 4.76. The Balaban J connectivity index is 1.84. The Bertz CT molecular complexity index is 854. The van der Waals surface area contributed by atoms with Gasteiger partial charge in [-0.1, -0.05) is 30.3 Å². The predicted octanol–water partition coefficient (Wildman–Crippen LogP) is 3.73. The van der Waals surface area contributed by atoms with Crippen molar-refractivity contribution < 1.29 is 19.1 Å². The summed E-state index contributed by atoms with van der Waals surface area (Å²) >= 11 is 0. The number of nitrogens with zero attached hydrogens (tertiary/aromatic N) is 2. The number of rotatable bonds is 11. The smallest absolute Gasteiger partial charge is 0.421 e. The number of aromatic hydroxyl groups is 1. The molecule has 1 heterocycles. The van der Waals surface area contributed by atoms with Gasteiger partial charge in [0.1, 0.15) is 5.60 Å². The van der Waals surface area contributed by atoms with Crippen molar-refractivity contribution in [2.24, 2.45) is 0 Å². The SMILES string of the molecule is C[C@@H](CCN(CCCCn1c(O)coc1=O)Cc1ccccc1)NC(=O)OC(C)(C)C. The van der Waals surface area contributed by atoms with Crippen LogP contribution in [0.2, 0.25) is 0 Å². The van der Waals surface area contributed by atoms with Crippen molar-refractivity contribution in [2.45, 2.75) is 71.7 Å². The van der Waals surface area contributed by atoms with Crippen molar-refractivity contribution in [3.05, 3.63) is 52.7 Å². The van der Waals surface area contributed by atoms with Gasteiger partial charge in [0, 0.05) is 25.7 Å². The largest absolute Gasteiger partial charge is 0.492 e. The monoisotopic (exact) mass is 433 g/mol. The Morgan fingerprint density at radius 2 is 1.94 bits per heavy atom. The molecule has 0 saturated carbocycles. The van der Waals surface area contributed by atoms with Gasteiger partial charge in [-0.05, 0) is 59.1 Å². The number of alkyl carbamates (subject to hydrolysis) is 1. The number of carbonyl (C=O) groups excluding carboxylic acids is 1. The topological polar surface area (TPSA) is 96.9 Å². The molecule has 0 aliphatic rings. The summed E-state index contributed by atoms with van der Waals surface area (Å²) in [6.45, 7) is 10.4. The van der Waals surface area contributed by atoms with Gasteiger partial charge in [0.2, 0.25) is 5.88 Å². The maximum atomic E-state index is 12.0. The van der Waals surface area contributed by atoms with E-state index >= 15 is 0 Å². The molecule has 2 rings (SSSR count). The molecule has 0 bridgehead atoms. The van der Waals surface area contributed by atoms with Gasteiger partial charge in [-0.25, -0.2) is 14.2 Å². The number of oxazole rings is 1. The first kappa shape index (κ1) is 24.5. The van der Waals surface area contributed by atoms with E-state index < -0.39 is 17.5 Å². The molecular weight excluding hydrogens is 398 g/mol. The van der Waals surface area contributed by atoms with Crippen LogP contribution in [0.25, 0.3) is 0 Å². The number of unbranched alkanes of at least 4 members (excludes halogenated alkanes) is 1. The Morgan fingerprint density at radius 1 is 1.23 bits per heavy atom. The van der Waals surface area contributed by atoms with Gasteiger partial charge in [0.25, 0.3) is 0 Å². The van der Waals surface area contributed by atoms with Crippen LogP contribution < -0.4 is 11.1 Å². The zero-order chi connectivity index (χ0) is 22.9. The first-order valence-electron chi connectivity index (χ1n) is 10.8. The summed E-state index contributed by atoms with van der Waals surface area (Å²) in [7, 11) is 0. The Kier molecular flexibility index (Phi) is 9.18. The first-order chi connectivity index (χ1) is 14.6. The normalized spacial score (nSPS) is 12.7. The summed E-state index contributed by atoms with van der Waals surface area (Å²) in [6, 6.07) is 10.2. The highest BCUT2D eigenvalue weighted by Gasteiger charge is 2.18. The van der Waals surface area contributed by atoms with Crippen LogP contribution in [-0.2, 0) is 17.8 Å². The molecule has 8 nitrogen and oxygen atoms in total. The molecule has 0 unspecified atom stereocenters. The minimum absolute atomic E-state index is 0.0189. The highest BCUT2D eigenvalue weighted by atomic mass is 16.6. The maximum Gasteiger partial charge on any atom is 0.421 e. The van der Waals surface area contributed by atoms with Crippen molar-refractivity contribution >= 4 is 6.09 Å². The molecule has 1 amide bonds. The summed E-state index contributed by atoms with van der Waals surface area (Å²) in [5.74, 6) is -0.686. The standard InChI is InChI=1S/C23H35N3O5/c1-18(24-21(28)31-23(2,3)4)12-15-25(16-19-10-6-5-7-11-19)13-8-9-14-26-20(27)17-30-22(26)29/h5-7,10-11,17-18,27H,8-9,12-16H2,1-4H3,(H,24,28)/t18-/m0/s1. The molecule has 0 radical (unpaired) electrons. The minimum Gasteiger partial charge on any atom is -0.492 e. The average molecular weight is 434 g/mol. The third-order valence-corrected chi connectivity index (χ3v) is 4.76. The summed E-state index contributed by atoms with van der Waals surface area (Å²) in [5.41, 5.74) is 0.702. The average Bonchev–Trinajstić information content (AvgIpc) is 3.00. The second kappa shape index (κ2) is 11.6. The van der Waals surface area contributed by atoms with Crippen LogP contribution in [0.15, 0.2) is 45.8 Å². The van der Waals surface area contributed by atoms with Gasteiger partial charge in [0.15, 0.2) is 6.26 Å². The van der Waals surface area contributed by atoms with Gasteiger partial charge in [-0.3, -0.25) is 4.90 Å². The van der Waals surface area contributed by atoms with Crippen LogP contribution in [0.3, 0.4) is 0 Å². The van der Waals surface area contributed by atoms with Crippen LogP contribution in [0.4, 0.5) is 4.79 Å². The van der Waals surface area contributed by atoms with Crippen LogP contribution in [0, 0.1) is 0 Å². The number of aromatic nitrogens is 1. The van der Waals surface area contributed by atoms with Crippen molar-refractivity contribution in [3.63, 3.8) is 0 Å². The minimum atomic E-state index is -0.541. The van der Waals surface area contributed by atoms with E-state index in [0.29, 0.717) is 6.54 Å². The van der Waals surface area contributed by atoms with Crippen LogP contribution in [-0.4, -0.2) is 45.4 Å². The molecule has 0 aliphatic heterocycles. The van der Waals surface area contributed by atoms with E-state index in [4.69, 9.17) is 4.74 Å². The maximum absolute atomic E-state index is 12.0. The molecule has 0 spiro atoms. The number of benzene rings is 1. The van der Waals surface area contributed by atoms with Crippen LogP contribution >= 0.6 is 0 Å². The van der Waals surface area contributed by atoms with E-state index in [2.05, 4.69) is 26.8 Å². The second-order valence-corrected chi connectivity index (χ2v) is 8.82. The van der Waals surface area contributed by atoms with Gasteiger partial charge >= 0.3 is 11.8 Å². The van der Waals surface area contributed by atoms with E-state index in [1.54, 1.807) is 0 Å². The number of hydrogen-bond donors (Lipinski definition) is 2. The van der Waals surface area contributed by atoms with E-state index in [-0.39, 0.29) is 11.9 Å². The molecule has 8 heteroatoms. The molecule has 31 heavy (non-hydrogen) atoms. The van der Waals surface area contributed by atoms with Gasteiger partial charge in [-0.15, -0.1) is 0 Å². The zero-order valence-corrected chi connectivity index (χ0v) is 19.0. The molecule has 1 atom stereocenters. The number of ether oxygens (including phenoxy) is 1. The molecular formula is C23H35N3O5. The Morgan fingerprint density at radius 3 is 2.55 bits per heavy atom. The van der Waals surface area contributed by atoms with Crippen molar-refractivity contribution in [3.8, 4) is 5.88 Å². The molecule has 2 N–H and O–H groups in total. The predicted molar refractivity (Wildman–Crippen MR) is 119 cm³/mol. The fourth-order valence-electron chi connectivity index (χ4n) is 3.20. The summed E-state index contributed by atoms with van der Waals surface area (Å²) in [4.78, 5) is 25.9. The molecule has 0 fully saturated rings. The van der Waals surface area contributed by atoms with Gasteiger partial charge < -0.3 is 19.6 Å². The molecule has 0 saturated heterocycles. The third kappa shape index (κ3) is 9.29. The lowest BCUT2D eigenvalue weighted by molar-refractivity contribution is 0.0503. The molecule has 2 aromatic rings. The zero-order valence-electron chi connectivity index (χ0n) is 19.0. The van der Waals surface area contributed by atoms with Crippen LogP contribution in [0.1, 0.15) is 52.5 Å². The number of hydrogen-bond acceptors (Lipinski definition) is 6. The summed E-state index contributed by atoms with van der Waals surface area (Å²) in [6.07, 6.45) is 3.04. The lowest BCUT2D eigenvalue weighted by Gasteiger charge is -2.25. The van der Waals surface area contributed by atoms with E-state index in [0.717, 1.165) is 45.2 Å². The van der Waals surface area contributed by atoms with E-state index in [1.165, 1.54) is 10.1 Å². The number of nitrogens with one attached hydrogen (secondary N) is 1. The number of amides is 1. The first-order valence-corrected chi connectivity index (χ1v) is 10.8. The molecule has 1 aromatic heterocycles. The Hall–Kier alpha value is -2.74. The van der Waals surface area contributed by atoms with Crippen molar-refractivity contribution in [1.29, 1.82) is 0 Å². The number of carbonyl (C=O) groups is 1. The fourth-order valence-corrected chi connectivity index (χ4v) is 3.20. The molecule has 172 valence electrons. The summed E-state index contributed by atoms with van der Waals surface area (Å²) < 4.78 is 11.2. The van der Waals surface area contributed by atoms with Crippen molar-refractivity contribution in [1.82, 2.24) is 14.8 Å². The molecule has 0 aliphatic carbocycles. The van der Waals surface area contributed by atoms with Crippen LogP contribution in [0.5, 0.6) is 5.88 Å². The summed E-state index contributed by atoms with van der Waals surface area (Å²) in [5, 5.41) is 12.5. The Labute approximate surface area is 183 Å². The van der Waals surface area contributed by atoms with E-state index in [1.807, 2.05) is 45.9 Å². The highest BCUT2D eigenvalue weighted by molar-refractivity contribution is 5.68.